The molecule has 2 aromatic carbocycles. The van der Waals surface area contributed by atoms with Gasteiger partial charge < -0.3 is 4.74 Å². The van der Waals surface area contributed by atoms with Crippen molar-refractivity contribution in [3.8, 4) is 17.0 Å². The third-order valence-corrected chi connectivity index (χ3v) is 6.48. The fourth-order valence-corrected chi connectivity index (χ4v) is 4.88. The summed E-state index contributed by atoms with van der Waals surface area (Å²) in [6.45, 7) is 3.98. The second-order valence-electron chi connectivity index (χ2n) is 6.47. The Hall–Kier alpha value is -2.97. The molecule has 152 valence electrons. The maximum absolute atomic E-state index is 13.3. The summed E-state index contributed by atoms with van der Waals surface area (Å²) in [5, 5.41) is 12.4. The van der Waals surface area contributed by atoms with Crippen molar-refractivity contribution >= 4 is 45.0 Å². The average molecular weight is 437 g/mol. The number of fused-ring (bicyclic) bond motifs is 1. The van der Waals surface area contributed by atoms with Crippen molar-refractivity contribution in [3.63, 3.8) is 0 Å². The van der Waals surface area contributed by atoms with Gasteiger partial charge in [0, 0.05) is 10.9 Å². The van der Waals surface area contributed by atoms with Gasteiger partial charge in [-0.15, -0.1) is 10.2 Å². The highest BCUT2D eigenvalue weighted by atomic mass is 32.2. The maximum Gasteiger partial charge on any atom is 0.258 e. The predicted octanol–water partition coefficient (Wildman–Crippen LogP) is 5.43. The third kappa shape index (κ3) is 4.01. The van der Waals surface area contributed by atoms with Crippen molar-refractivity contribution in [2.75, 3.05) is 18.2 Å². The van der Waals surface area contributed by atoms with Crippen LogP contribution < -0.4 is 10.1 Å². The van der Waals surface area contributed by atoms with Crippen LogP contribution in [0.1, 0.15) is 22.8 Å². The first-order valence-corrected chi connectivity index (χ1v) is 11.2. The SMILES string of the molecule is CCSc1nnc(NC(=O)c2c(C)c(-c3ccc(OC)cc3)nc3ccccc23)s1. The lowest BCUT2D eigenvalue weighted by molar-refractivity contribution is 0.102. The molecule has 2 aromatic heterocycles. The molecule has 4 rings (SSSR count). The Bertz CT molecular complexity index is 1210. The van der Waals surface area contributed by atoms with Crippen LogP contribution in [0, 0.1) is 6.92 Å². The number of nitrogens with one attached hydrogen (secondary N) is 1. The standard InChI is InChI=1S/C22H20N4O2S2/c1-4-29-22-26-25-21(30-22)24-20(27)18-13(2)19(14-9-11-15(28-3)12-10-14)23-17-8-6-5-7-16(17)18/h5-12H,4H2,1-3H3,(H,24,25,27). The molecule has 8 heteroatoms. The highest BCUT2D eigenvalue weighted by molar-refractivity contribution is 8.01. The van der Waals surface area contributed by atoms with Crippen LogP contribution in [0.3, 0.4) is 0 Å². The molecule has 0 bridgehead atoms. The van der Waals surface area contributed by atoms with E-state index < -0.39 is 0 Å². The first kappa shape index (κ1) is 20.3. The number of carbonyl (C=O) groups is 1. The molecular weight excluding hydrogens is 416 g/mol. The second kappa shape index (κ2) is 8.81. The van der Waals surface area contributed by atoms with Gasteiger partial charge in [0.05, 0.1) is 23.9 Å². The van der Waals surface area contributed by atoms with E-state index in [1.54, 1.807) is 18.9 Å². The number of pyridine rings is 1. The maximum atomic E-state index is 13.3. The number of ether oxygens (including phenoxy) is 1. The van der Waals surface area contributed by atoms with Crippen LogP contribution in [0.4, 0.5) is 5.13 Å². The van der Waals surface area contributed by atoms with E-state index in [0.29, 0.717) is 10.7 Å². The van der Waals surface area contributed by atoms with Gasteiger partial charge in [-0.2, -0.15) is 0 Å². The molecule has 0 aliphatic rings. The molecule has 30 heavy (non-hydrogen) atoms. The summed E-state index contributed by atoms with van der Waals surface area (Å²) in [6, 6.07) is 15.3. The molecule has 1 N–H and O–H groups in total. The van der Waals surface area contributed by atoms with E-state index in [0.717, 1.165) is 43.6 Å². The predicted molar refractivity (Wildman–Crippen MR) is 123 cm³/mol. The van der Waals surface area contributed by atoms with Gasteiger partial charge in [0.2, 0.25) is 5.13 Å². The Morgan fingerprint density at radius 1 is 1.13 bits per heavy atom. The Kier molecular flexibility index (Phi) is 5.96. The molecule has 0 atom stereocenters. The van der Waals surface area contributed by atoms with Gasteiger partial charge in [0.25, 0.3) is 5.91 Å². The number of nitrogens with zero attached hydrogens (tertiary/aromatic N) is 3. The van der Waals surface area contributed by atoms with Gasteiger partial charge in [-0.05, 0) is 48.6 Å². The topological polar surface area (TPSA) is 77.0 Å². The normalized spacial score (nSPS) is 10.9. The molecule has 0 unspecified atom stereocenters. The minimum absolute atomic E-state index is 0.218. The molecule has 0 spiro atoms. The Balaban J connectivity index is 1.78. The van der Waals surface area contributed by atoms with Gasteiger partial charge in [-0.1, -0.05) is 48.2 Å². The van der Waals surface area contributed by atoms with Crippen molar-refractivity contribution in [3.05, 3.63) is 59.7 Å². The molecule has 4 aromatic rings. The Morgan fingerprint density at radius 2 is 1.90 bits per heavy atom. The van der Waals surface area contributed by atoms with Crippen molar-refractivity contribution in [1.82, 2.24) is 15.2 Å². The molecule has 0 aliphatic heterocycles. The summed E-state index contributed by atoms with van der Waals surface area (Å²) < 4.78 is 6.09. The molecule has 0 fully saturated rings. The number of thioether (sulfide) groups is 1. The number of benzene rings is 2. The fourth-order valence-electron chi connectivity index (χ4n) is 3.23. The van der Waals surface area contributed by atoms with Crippen molar-refractivity contribution in [1.29, 1.82) is 0 Å². The summed E-state index contributed by atoms with van der Waals surface area (Å²) in [4.78, 5) is 18.1. The zero-order valence-electron chi connectivity index (χ0n) is 16.8. The molecule has 0 saturated heterocycles. The van der Waals surface area contributed by atoms with Crippen LogP contribution in [0.2, 0.25) is 0 Å². The lowest BCUT2D eigenvalue weighted by Crippen LogP contribution is -2.15. The Labute approximate surface area is 182 Å². The monoisotopic (exact) mass is 436 g/mol. The molecule has 0 saturated carbocycles. The number of methoxy groups -OCH3 is 1. The first-order valence-electron chi connectivity index (χ1n) is 9.42. The quantitative estimate of drug-likeness (QED) is 0.321. The number of hydrogen-bond donors (Lipinski definition) is 1. The van der Waals surface area contributed by atoms with Crippen LogP contribution in [-0.4, -0.2) is 34.0 Å². The Morgan fingerprint density at radius 3 is 2.63 bits per heavy atom. The number of carbonyl (C=O) groups excluding carboxylic acids is 1. The van der Waals surface area contributed by atoms with Crippen LogP contribution >= 0.6 is 23.1 Å². The largest absolute Gasteiger partial charge is 0.497 e. The van der Waals surface area contributed by atoms with Crippen LogP contribution in [0.15, 0.2) is 52.9 Å². The van der Waals surface area contributed by atoms with Crippen molar-refractivity contribution in [2.45, 2.75) is 18.2 Å². The molecule has 0 aliphatic carbocycles. The van der Waals surface area contributed by atoms with E-state index in [9.17, 15) is 4.79 Å². The molecule has 1 amide bonds. The number of amides is 1. The van der Waals surface area contributed by atoms with E-state index in [4.69, 9.17) is 9.72 Å². The summed E-state index contributed by atoms with van der Waals surface area (Å²) in [6.07, 6.45) is 0. The average Bonchev–Trinajstić information content (AvgIpc) is 3.20. The summed E-state index contributed by atoms with van der Waals surface area (Å²) in [5.41, 5.74) is 3.85. The van der Waals surface area contributed by atoms with Crippen LogP contribution in [0.25, 0.3) is 22.2 Å². The van der Waals surface area contributed by atoms with Crippen LogP contribution in [-0.2, 0) is 0 Å². The van der Waals surface area contributed by atoms with Crippen molar-refractivity contribution < 1.29 is 9.53 Å². The highest BCUT2D eigenvalue weighted by Gasteiger charge is 2.20. The lowest BCUT2D eigenvalue weighted by Gasteiger charge is -2.14. The second-order valence-corrected chi connectivity index (χ2v) is 8.95. The van der Waals surface area contributed by atoms with Gasteiger partial charge in [-0.25, -0.2) is 4.98 Å². The van der Waals surface area contributed by atoms with Gasteiger partial charge in [0.1, 0.15) is 5.75 Å². The summed E-state index contributed by atoms with van der Waals surface area (Å²) in [5.74, 6) is 1.46. The number of aromatic nitrogens is 3. The van der Waals surface area contributed by atoms with Gasteiger partial charge in [0.15, 0.2) is 4.34 Å². The zero-order chi connectivity index (χ0) is 21.1. The van der Waals surface area contributed by atoms with Crippen molar-refractivity contribution in [2.24, 2.45) is 0 Å². The van der Waals surface area contributed by atoms with E-state index in [1.807, 2.05) is 55.5 Å². The molecule has 6 nitrogen and oxygen atoms in total. The van der Waals surface area contributed by atoms with E-state index >= 15 is 0 Å². The van der Waals surface area contributed by atoms with E-state index in [-0.39, 0.29) is 5.91 Å². The first-order chi connectivity index (χ1) is 14.6. The fraction of sp³-hybridized carbons (Fsp3) is 0.182. The summed E-state index contributed by atoms with van der Waals surface area (Å²) in [7, 11) is 1.63. The smallest absolute Gasteiger partial charge is 0.258 e. The number of anilines is 1. The lowest BCUT2D eigenvalue weighted by atomic mass is 9.97. The zero-order valence-corrected chi connectivity index (χ0v) is 18.4. The molecular formula is C22H20N4O2S2. The highest BCUT2D eigenvalue weighted by Crippen LogP contribution is 2.32. The number of rotatable bonds is 6. The van der Waals surface area contributed by atoms with Gasteiger partial charge >= 0.3 is 0 Å². The van der Waals surface area contributed by atoms with Gasteiger partial charge in [-0.3, -0.25) is 10.1 Å². The molecule has 0 radical (unpaired) electrons. The molecule has 2 heterocycles. The summed E-state index contributed by atoms with van der Waals surface area (Å²) >= 11 is 2.98. The number of para-hydroxylation sites is 1. The third-order valence-electron chi connectivity index (χ3n) is 4.62. The van der Waals surface area contributed by atoms with Crippen LogP contribution in [0.5, 0.6) is 5.75 Å². The number of hydrogen-bond acceptors (Lipinski definition) is 7. The minimum Gasteiger partial charge on any atom is -0.497 e. The van der Waals surface area contributed by atoms with E-state index in [2.05, 4.69) is 22.4 Å². The van der Waals surface area contributed by atoms with E-state index in [1.165, 1.54) is 11.3 Å². The minimum atomic E-state index is -0.218.